The van der Waals surface area contributed by atoms with E-state index >= 15 is 0 Å². The Morgan fingerprint density at radius 3 is 2.84 bits per heavy atom. The summed E-state index contributed by atoms with van der Waals surface area (Å²) in [4.78, 5) is 29.2. The highest BCUT2D eigenvalue weighted by Gasteiger charge is 2.11. The maximum atomic E-state index is 12.1. The van der Waals surface area contributed by atoms with Crippen LogP contribution >= 0.6 is 0 Å². The van der Waals surface area contributed by atoms with E-state index in [1.165, 1.54) is 0 Å². The highest BCUT2D eigenvalue weighted by atomic mass is 16.5. The van der Waals surface area contributed by atoms with Crippen molar-refractivity contribution in [1.82, 2.24) is 9.55 Å². The third-order valence-corrected chi connectivity index (χ3v) is 2.68. The van der Waals surface area contributed by atoms with Gasteiger partial charge >= 0.3 is 5.97 Å². The number of esters is 1. The number of carbonyl (C=O) groups is 1. The van der Waals surface area contributed by atoms with Crippen LogP contribution < -0.4 is 10.5 Å². The van der Waals surface area contributed by atoms with E-state index in [1.54, 1.807) is 35.8 Å². The highest BCUT2D eigenvalue weighted by Crippen LogP contribution is 2.02. The number of nitrogens with zero attached hydrogens (tertiary/aromatic N) is 3. The number of carbonyl (C=O) groups excluding carboxylic acids is 1. The Morgan fingerprint density at radius 2 is 2.21 bits per heavy atom. The maximum absolute atomic E-state index is 12.1. The van der Waals surface area contributed by atoms with Crippen molar-refractivity contribution in [1.29, 1.82) is 0 Å². The second-order valence-electron chi connectivity index (χ2n) is 4.23. The van der Waals surface area contributed by atoms with E-state index in [9.17, 15) is 9.59 Å². The second-order valence-corrected chi connectivity index (χ2v) is 4.23. The molecule has 0 radical (unpaired) electrons. The van der Waals surface area contributed by atoms with Crippen LogP contribution in [0.4, 0.5) is 5.82 Å². The van der Waals surface area contributed by atoms with Crippen LogP contribution in [0.1, 0.15) is 26.7 Å². The van der Waals surface area contributed by atoms with Gasteiger partial charge in [-0.25, -0.2) is 4.98 Å². The van der Waals surface area contributed by atoms with Crippen molar-refractivity contribution in [3.63, 3.8) is 0 Å². The summed E-state index contributed by atoms with van der Waals surface area (Å²) in [6.07, 6.45) is 4.41. The van der Waals surface area contributed by atoms with Crippen molar-refractivity contribution >= 4 is 11.8 Å². The summed E-state index contributed by atoms with van der Waals surface area (Å²) in [6.45, 7) is 5.23. The van der Waals surface area contributed by atoms with E-state index < -0.39 is 0 Å². The normalized spacial score (nSPS) is 10.3. The second kappa shape index (κ2) is 7.56. The first kappa shape index (κ1) is 15.2. The van der Waals surface area contributed by atoms with E-state index in [1.807, 2.05) is 6.92 Å². The largest absolute Gasteiger partial charge is 0.466 e. The standard InChI is InChI=1S/C13H21N3O3/c1-4-8-16-10-7-14-12(13(16)18)15(3)9-6-11(17)19-5-2/h7,10H,4-6,8-9H2,1-3H3. The number of ether oxygens (including phenoxy) is 1. The van der Waals surface area contributed by atoms with Gasteiger partial charge in [0, 0.05) is 32.5 Å². The highest BCUT2D eigenvalue weighted by molar-refractivity contribution is 5.70. The third kappa shape index (κ3) is 4.39. The molecule has 0 saturated carbocycles. The van der Waals surface area contributed by atoms with Crippen molar-refractivity contribution in [3.8, 4) is 0 Å². The van der Waals surface area contributed by atoms with Gasteiger partial charge in [-0.05, 0) is 13.3 Å². The van der Waals surface area contributed by atoms with Crippen molar-refractivity contribution in [2.24, 2.45) is 0 Å². The number of hydrogen-bond acceptors (Lipinski definition) is 5. The quantitative estimate of drug-likeness (QED) is 0.691. The van der Waals surface area contributed by atoms with Crippen LogP contribution in [0.15, 0.2) is 17.2 Å². The molecule has 0 aliphatic rings. The number of aryl methyl sites for hydroxylation is 1. The lowest BCUT2D eigenvalue weighted by molar-refractivity contribution is -0.142. The van der Waals surface area contributed by atoms with Crippen LogP contribution in [0.2, 0.25) is 0 Å². The fraction of sp³-hybridized carbons (Fsp3) is 0.615. The Bertz CT molecular complexity index is 470. The molecule has 0 aliphatic heterocycles. The minimum atomic E-state index is -0.265. The van der Waals surface area contributed by atoms with Crippen LogP contribution in [0.3, 0.4) is 0 Å². The molecule has 106 valence electrons. The van der Waals surface area contributed by atoms with Gasteiger partial charge in [-0.3, -0.25) is 9.59 Å². The van der Waals surface area contributed by atoms with Crippen molar-refractivity contribution in [3.05, 3.63) is 22.7 Å². The van der Waals surface area contributed by atoms with E-state index in [2.05, 4.69) is 4.98 Å². The average molecular weight is 267 g/mol. The number of anilines is 1. The van der Waals surface area contributed by atoms with Gasteiger partial charge < -0.3 is 14.2 Å². The summed E-state index contributed by atoms with van der Waals surface area (Å²) in [5, 5.41) is 0. The monoisotopic (exact) mass is 267 g/mol. The smallest absolute Gasteiger partial charge is 0.307 e. The molecule has 19 heavy (non-hydrogen) atoms. The molecule has 0 spiro atoms. The zero-order valence-corrected chi connectivity index (χ0v) is 11.8. The first-order valence-electron chi connectivity index (χ1n) is 6.52. The molecule has 0 amide bonds. The van der Waals surface area contributed by atoms with Gasteiger partial charge in [0.15, 0.2) is 5.82 Å². The molecule has 0 atom stereocenters. The molecule has 1 aromatic rings. The lowest BCUT2D eigenvalue weighted by atomic mass is 10.4. The molecule has 0 fully saturated rings. The zero-order chi connectivity index (χ0) is 14.3. The average Bonchev–Trinajstić information content (AvgIpc) is 2.39. The molecular weight excluding hydrogens is 246 g/mol. The van der Waals surface area contributed by atoms with Gasteiger partial charge in [-0.15, -0.1) is 0 Å². The summed E-state index contributed by atoms with van der Waals surface area (Å²) in [7, 11) is 1.75. The number of hydrogen-bond donors (Lipinski definition) is 0. The minimum Gasteiger partial charge on any atom is -0.466 e. The van der Waals surface area contributed by atoms with Gasteiger partial charge in [0.1, 0.15) is 0 Å². The summed E-state index contributed by atoms with van der Waals surface area (Å²) < 4.78 is 6.48. The molecule has 0 bridgehead atoms. The van der Waals surface area contributed by atoms with Crippen molar-refractivity contribution < 1.29 is 9.53 Å². The SMILES string of the molecule is CCCn1ccnc(N(C)CCC(=O)OCC)c1=O. The molecule has 6 nitrogen and oxygen atoms in total. The third-order valence-electron chi connectivity index (χ3n) is 2.68. The van der Waals surface area contributed by atoms with Crippen LogP contribution in [-0.4, -0.2) is 35.7 Å². The van der Waals surface area contributed by atoms with Gasteiger partial charge in [-0.1, -0.05) is 6.92 Å². The molecule has 1 heterocycles. The van der Waals surface area contributed by atoms with Crippen LogP contribution in [-0.2, 0) is 16.1 Å². The Hall–Kier alpha value is -1.85. The van der Waals surface area contributed by atoms with Crippen LogP contribution in [0.5, 0.6) is 0 Å². The minimum absolute atomic E-state index is 0.129. The number of aromatic nitrogens is 2. The summed E-state index contributed by atoms with van der Waals surface area (Å²) in [5.74, 6) is 0.0967. The molecule has 0 aliphatic carbocycles. The maximum Gasteiger partial charge on any atom is 0.307 e. The predicted molar refractivity (Wildman–Crippen MR) is 73.3 cm³/mol. The van der Waals surface area contributed by atoms with E-state index in [4.69, 9.17) is 4.74 Å². The number of rotatable bonds is 7. The van der Waals surface area contributed by atoms with Crippen molar-refractivity contribution in [2.45, 2.75) is 33.2 Å². The van der Waals surface area contributed by atoms with E-state index in [-0.39, 0.29) is 17.9 Å². The summed E-state index contributed by atoms with van der Waals surface area (Å²) >= 11 is 0. The van der Waals surface area contributed by atoms with Crippen LogP contribution in [0, 0.1) is 0 Å². The Morgan fingerprint density at radius 1 is 1.47 bits per heavy atom. The van der Waals surface area contributed by atoms with Crippen molar-refractivity contribution in [2.75, 3.05) is 25.1 Å². The molecule has 0 N–H and O–H groups in total. The van der Waals surface area contributed by atoms with E-state index in [0.717, 1.165) is 6.42 Å². The summed E-state index contributed by atoms with van der Waals surface area (Å²) in [5.41, 5.74) is -0.129. The van der Waals surface area contributed by atoms with E-state index in [0.29, 0.717) is 25.5 Å². The van der Waals surface area contributed by atoms with Gasteiger partial charge in [-0.2, -0.15) is 0 Å². The predicted octanol–water partition coefficient (Wildman–Crippen LogP) is 1.04. The summed E-state index contributed by atoms with van der Waals surface area (Å²) in [6, 6.07) is 0. The lowest BCUT2D eigenvalue weighted by Crippen LogP contribution is -2.32. The van der Waals surface area contributed by atoms with Gasteiger partial charge in [0.25, 0.3) is 5.56 Å². The Balaban J connectivity index is 2.71. The molecule has 0 saturated heterocycles. The Labute approximate surface area is 113 Å². The fourth-order valence-electron chi connectivity index (χ4n) is 1.71. The molecule has 0 aromatic carbocycles. The molecule has 1 aromatic heterocycles. The van der Waals surface area contributed by atoms with Crippen LogP contribution in [0.25, 0.3) is 0 Å². The first-order chi connectivity index (χ1) is 9.10. The zero-order valence-electron chi connectivity index (χ0n) is 11.8. The molecule has 6 heteroatoms. The van der Waals surface area contributed by atoms with Gasteiger partial charge in [0.05, 0.1) is 13.0 Å². The Kier molecular flexibility index (Phi) is 6.05. The first-order valence-corrected chi connectivity index (χ1v) is 6.52. The topological polar surface area (TPSA) is 64.4 Å². The fourth-order valence-corrected chi connectivity index (χ4v) is 1.71. The molecule has 1 rings (SSSR count). The lowest BCUT2D eigenvalue weighted by Gasteiger charge is -2.17. The molecule has 0 unspecified atom stereocenters. The molecular formula is C13H21N3O3. The van der Waals surface area contributed by atoms with Gasteiger partial charge in [0.2, 0.25) is 0 Å².